The highest BCUT2D eigenvalue weighted by Crippen LogP contribution is 2.33. The predicted molar refractivity (Wildman–Crippen MR) is 113 cm³/mol. The molecule has 5 nitrogen and oxygen atoms in total. The topological polar surface area (TPSA) is 52.6 Å². The molecule has 0 unspecified atom stereocenters. The van der Waals surface area contributed by atoms with Gasteiger partial charge in [0.15, 0.2) is 5.54 Å². The van der Waals surface area contributed by atoms with E-state index in [4.69, 9.17) is 0 Å². The van der Waals surface area contributed by atoms with E-state index in [9.17, 15) is 9.59 Å². The summed E-state index contributed by atoms with van der Waals surface area (Å²) in [6.07, 6.45) is 4.95. The van der Waals surface area contributed by atoms with E-state index in [1.807, 2.05) is 60.7 Å². The first-order valence-corrected chi connectivity index (χ1v) is 10.6. The number of benzene rings is 2. The largest absolute Gasteiger partial charge is 0.326 e. The van der Waals surface area contributed by atoms with Crippen LogP contribution in [0.2, 0.25) is 0 Å². The number of urea groups is 1. The fourth-order valence-corrected chi connectivity index (χ4v) is 4.69. The van der Waals surface area contributed by atoms with Crippen LogP contribution < -0.4 is 5.32 Å². The SMILES string of the molecule is CC[C@H]1CCCCN1CN1C(=O)N[C@@](Cc2ccccc2)(c2ccccc2)C1=O. The van der Waals surface area contributed by atoms with Crippen LogP contribution in [0.1, 0.15) is 43.7 Å². The second-order valence-corrected chi connectivity index (χ2v) is 8.11. The van der Waals surface area contributed by atoms with E-state index >= 15 is 0 Å². The number of rotatable bonds is 6. The van der Waals surface area contributed by atoms with E-state index < -0.39 is 5.54 Å². The highest BCUT2D eigenvalue weighted by Gasteiger charge is 2.52. The summed E-state index contributed by atoms with van der Waals surface area (Å²) in [4.78, 5) is 30.4. The molecule has 2 heterocycles. The molecule has 0 radical (unpaired) electrons. The van der Waals surface area contributed by atoms with Crippen LogP contribution in [0.4, 0.5) is 4.79 Å². The Bertz CT molecular complexity index is 855. The Morgan fingerprint density at radius 3 is 2.38 bits per heavy atom. The molecule has 1 N–H and O–H groups in total. The maximum absolute atomic E-state index is 13.7. The average molecular weight is 392 g/mol. The van der Waals surface area contributed by atoms with Crippen LogP contribution >= 0.6 is 0 Å². The standard InChI is InChI=1S/C24H29N3O2/c1-2-21-15-9-10-16-26(21)18-27-22(28)24(25-23(27)29,20-13-7-4-8-14-20)17-19-11-5-3-6-12-19/h3-8,11-14,21H,2,9-10,15-18H2,1H3,(H,25,29)/t21-,24-/m0/s1. The lowest BCUT2D eigenvalue weighted by Gasteiger charge is -2.37. The number of nitrogens with one attached hydrogen (secondary N) is 1. The Hall–Kier alpha value is -2.66. The molecule has 152 valence electrons. The summed E-state index contributed by atoms with van der Waals surface area (Å²) in [6, 6.07) is 19.7. The van der Waals surface area contributed by atoms with Gasteiger partial charge in [0.1, 0.15) is 0 Å². The Balaban J connectivity index is 1.65. The second kappa shape index (κ2) is 8.37. The number of hydrogen-bond acceptors (Lipinski definition) is 3. The summed E-state index contributed by atoms with van der Waals surface area (Å²) in [5.74, 6) is -0.155. The third-order valence-electron chi connectivity index (χ3n) is 6.30. The molecule has 2 fully saturated rings. The van der Waals surface area contributed by atoms with Gasteiger partial charge >= 0.3 is 6.03 Å². The van der Waals surface area contributed by atoms with Crippen LogP contribution in [-0.4, -0.2) is 41.0 Å². The first-order chi connectivity index (χ1) is 14.1. The van der Waals surface area contributed by atoms with Gasteiger partial charge in [-0.2, -0.15) is 0 Å². The number of imide groups is 1. The van der Waals surface area contributed by atoms with Crippen LogP contribution in [0, 0.1) is 0 Å². The molecule has 0 saturated carbocycles. The van der Waals surface area contributed by atoms with Crippen molar-refractivity contribution >= 4 is 11.9 Å². The van der Waals surface area contributed by atoms with Crippen molar-refractivity contribution in [3.63, 3.8) is 0 Å². The molecule has 2 aromatic carbocycles. The van der Waals surface area contributed by atoms with Crippen LogP contribution in [-0.2, 0) is 16.8 Å². The Morgan fingerprint density at radius 2 is 1.69 bits per heavy atom. The predicted octanol–water partition coefficient (Wildman–Crippen LogP) is 3.90. The van der Waals surface area contributed by atoms with Crippen molar-refractivity contribution in [2.24, 2.45) is 0 Å². The summed E-state index contributed by atoms with van der Waals surface area (Å²) in [5.41, 5.74) is 0.795. The smallest absolute Gasteiger partial charge is 0.319 e. The quantitative estimate of drug-likeness (QED) is 0.760. The van der Waals surface area contributed by atoms with Gasteiger partial charge in [0, 0.05) is 19.0 Å². The normalized spacial score (nSPS) is 25.3. The number of likely N-dealkylation sites (tertiary alicyclic amines) is 1. The Labute approximate surface area is 172 Å². The lowest BCUT2D eigenvalue weighted by Crippen LogP contribution is -2.49. The van der Waals surface area contributed by atoms with Crippen molar-refractivity contribution in [3.05, 3.63) is 71.8 Å². The molecular formula is C24H29N3O2. The fourth-order valence-electron chi connectivity index (χ4n) is 4.69. The average Bonchev–Trinajstić information content (AvgIpc) is 3.00. The van der Waals surface area contributed by atoms with Crippen molar-refractivity contribution in [2.45, 2.75) is 50.6 Å². The third-order valence-corrected chi connectivity index (χ3v) is 6.30. The van der Waals surface area contributed by atoms with E-state index in [0.717, 1.165) is 36.9 Å². The van der Waals surface area contributed by atoms with Crippen LogP contribution in [0.15, 0.2) is 60.7 Å². The molecule has 0 spiro atoms. The van der Waals surface area contributed by atoms with Crippen molar-refractivity contribution < 1.29 is 9.59 Å². The lowest BCUT2D eigenvalue weighted by atomic mass is 9.83. The minimum Gasteiger partial charge on any atom is -0.319 e. The van der Waals surface area contributed by atoms with Gasteiger partial charge in [0.2, 0.25) is 0 Å². The van der Waals surface area contributed by atoms with Crippen molar-refractivity contribution in [1.82, 2.24) is 15.1 Å². The molecule has 5 heteroatoms. The van der Waals surface area contributed by atoms with E-state index in [0.29, 0.717) is 19.1 Å². The molecule has 2 atom stereocenters. The number of nitrogens with zero attached hydrogens (tertiary/aromatic N) is 2. The van der Waals surface area contributed by atoms with E-state index in [1.165, 1.54) is 11.3 Å². The molecule has 3 amide bonds. The summed E-state index contributed by atoms with van der Waals surface area (Å²) in [6.45, 7) is 3.48. The molecular weight excluding hydrogens is 362 g/mol. The number of piperidine rings is 1. The number of amides is 3. The minimum atomic E-state index is -1.06. The van der Waals surface area contributed by atoms with Gasteiger partial charge in [0.25, 0.3) is 5.91 Å². The van der Waals surface area contributed by atoms with Gasteiger partial charge in [-0.15, -0.1) is 0 Å². The van der Waals surface area contributed by atoms with Gasteiger partial charge in [-0.05, 0) is 30.4 Å². The maximum atomic E-state index is 13.7. The third kappa shape index (κ3) is 3.79. The van der Waals surface area contributed by atoms with E-state index in [-0.39, 0.29) is 11.9 Å². The number of hydrogen-bond donors (Lipinski definition) is 1. The Morgan fingerprint density at radius 1 is 1.00 bits per heavy atom. The molecule has 2 aromatic rings. The maximum Gasteiger partial charge on any atom is 0.326 e. The molecule has 4 rings (SSSR count). The molecule has 2 saturated heterocycles. The zero-order valence-corrected chi connectivity index (χ0v) is 17.0. The highest BCUT2D eigenvalue weighted by molar-refractivity contribution is 6.07. The first kappa shape index (κ1) is 19.6. The van der Waals surface area contributed by atoms with Gasteiger partial charge < -0.3 is 5.32 Å². The number of carbonyl (C=O) groups excluding carboxylic acids is 2. The summed E-state index contributed by atoms with van der Waals surface area (Å²) in [7, 11) is 0. The molecule has 2 aliphatic rings. The monoisotopic (exact) mass is 391 g/mol. The summed E-state index contributed by atoms with van der Waals surface area (Å²) < 4.78 is 0. The summed E-state index contributed by atoms with van der Waals surface area (Å²) >= 11 is 0. The van der Waals surface area contributed by atoms with E-state index in [1.54, 1.807) is 0 Å². The molecule has 0 bridgehead atoms. The number of carbonyl (C=O) groups is 2. The summed E-state index contributed by atoms with van der Waals surface area (Å²) in [5, 5.41) is 3.07. The first-order valence-electron chi connectivity index (χ1n) is 10.6. The highest BCUT2D eigenvalue weighted by atomic mass is 16.2. The van der Waals surface area contributed by atoms with Crippen molar-refractivity contribution in [3.8, 4) is 0 Å². The van der Waals surface area contributed by atoms with Crippen molar-refractivity contribution in [2.75, 3.05) is 13.2 Å². The van der Waals surface area contributed by atoms with Gasteiger partial charge in [-0.1, -0.05) is 74.0 Å². The van der Waals surface area contributed by atoms with Crippen LogP contribution in [0.5, 0.6) is 0 Å². The van der Waals surface area contributed by atoms with Crippen molar-refractivity contribution in [1.29, 1.82) is 0 Å². The zero-order chi connectivity index (χ0) is 20.3. The second-order valence-electron chi connectivity index (χ2n) is 8.11. The van der Waals surface area contributed by atoms with Crippen LogP contribution in [0.25, 0.3) is 0 Å². The molecule has 0 aromatic heterocycles. The van der Waals surface area contributed by atoms with Crippen LogP contribution in [0.3, 0.4) is 0 Å². The Kier molecular flexibility index (Phi) is 5.67. The molecule has 0 aliphatic carbocycles. The van der Waals surface area contributed by atoms with E-state index in [2.05, 4.69) is 17.1 Å². The van der Waals surface area contributed by atoms with Gasteiger partial charge in [-0.25, -0.2) is 9.69 Å². The molecule has 29 heavy (non-hydrogen) atoms. The lowest BCUT2D eigenvalue weighted by molar-refractivity contribution is -0.133. The van der Waals surface area contributed by atoms with Gasteiger partial charge in [-0.3, -0.25) is 9.69 Å². The fraction of sp³-hybridized carbons (Fsp3) is 0.417. The minimum absolute atomic E-state index is 0.155. The molecule has 2 aliphatic heterocycles. The zero-order valence-electron chi connectivity index (χ0n) is 17.0. The van der Waals surface area contributed by atoms with Gasteiger partial charge in [0.05, 0.1) is 6.67 Å².